The van der Waals surface area contributed by atoms with Crippen molar-refractivity contribution in [3.8, 4) is 0 Å². The molecule has 0 aliphatic heterocycles. The van der Waals surface area contributed by atoms with Crippen LogP contribution in [0.2, 0.25) is 0 Å². The second kappa shape index (κ2) is 20.6. The highest BCUT2D eigenvalue weighted by atomic mass is 32.2. The minimum absolute atomic E-state index is 0.0599. The number of carbonyl (C=O) groups is 1. The molecule has 75 heavy (non-hydrogen) atoms. The van der Waals surface area contributed by atoms with Crippen LogP contribution < -0.4 is 21.9 Å². The predicted molar refractivity (Wildman–Crippen MR) is 224 cm³/mol. The van der Waals surface area contributed by atoms with E-state index in [1.807, 2.05) is 24.5 Å². The van der Waals surface area contributed by atoms with Crippen molar-refractivity contribution in [3.63, 3.8) is 0 Å². The Labute approximate surface area is 408 Å². The van der Waals surface area contributed by atoms with Gasteiger partial charge in [-0.2, -0.15) is 127 Å². The fraction of sp³-hybridized carbons (Fsp3) is 0.213. The maximum atomic E-state index is 14.2. The van der Waals surface area contributed by atoms with Gasteiger partial charge in [0.2, 0.25) is 5.78 Å². The van der Waals surface area contributed by atoms with Crippen molar-refractivity contribution < 1.29 is 115 Å². The van der Waals surface area contributed by atoms with Gasteiger partial charge in [-0.3, -0.25) is 4.79 Å². The molecule has 0 bridgehead atoms. The highest BCUT2D eigenvalue weighted by Crippen LogP contribution is 2.41. The van der Waals surface area contributed by atoms with E-state index in [2.05, 4.69) is 0 Å². The van der Waals surface area contributed by atoms with E-state index in [-0.39, 0.29) is 11.6 Å². The number of hydrogen-bond donors (Lipinski definition) is 0. The van der Waals surface area contributed by atoms with Crippen molar-refractivity contribution in [1.29, 1.82) is 0 Å². The molecule has 6 aromatic carbocycles. The average Bonchev–Trinajstić information content (AvgIpc) is 3.27. The summed E-state index contributed by atoms with van der Waals surface area (Å²) < 4.78 is 354. The van der Waals surface area contributed by atoms with Crippen molar-refractivity contribution in [2.75, 3.05) is 12.0 Å². The van der Waals surface area contributed by atoms with Crippen molar-refractivity contribution >= 4 is 44.7 Å². The zero-order valence-electron chi connectivity index (χ0n) is 36.7. The van der Waals surface area contributed by atoms with Crippen LogP contribution in [0.4, 0.5) is 110 Å². The second-order valence-corrected chi connectivity index (χ2v) is 18.2. The fourth-order valence-corrected chi connectivity index (χ4v) is 9.21. The lowest BCUT2D eigenvalue weighted by molar-refractivity contribution is -0.144. The van der Waals surface area contributed by atoms with E-state index in [0.717, 1.165) is 0 Å². The Bertz CT molecular complexity index is 2580. The first kappa shape index (κ1) is 59.5. The van der Waals surface area contributed by atoms with Crippen LogP contribution >= 0.6 is 0 Å². The van der Waals surface area contributed by atoms with Gasteiger partial charge in [-0.1, -0.05) is 91.0 Å². The van der Waals surface area contributed by atoms with E-state index in [1.165, 1.54) is 6.07 Å². The second-order valence-electron chi connectivity index (χ2n) is 16.2. The van der Waals surface area contributed by atoms with E-state index in [0.29, 0.717) is 16.2 Å². The van der Waals surface area contributed by atoms with Crippen LogP contribution in [0.1, 0.15) is 54.9 Å². The first-order chi connectivity index (χ1) is 33.9. The van der Waals surface area contributed by atoms with E-state index in [9.17, 15) is 115 Å². The lowest BCUT2D eigenvalue weighted by Gasteiger charge is -2.46. The first-order valence-corrected chi connectivity index (χ1v) is 22.1. The molecule has 0 aliphatic carbocycles. The molecule has 0 N–H and O–H groups in total. The maximum Gasteiger partial charge on any atom is 0.416 e. The van der Waals surface area contributed by atoms with Gasteiger partial charge in [-0.05, 0) is 36.4 Å². The van der Waals surface area contributed by atoms with Crippen LogP contribution in [0.3, 0.4) is 0 Å². The van der Waals surface area contributed by atoms with E-state index in [1.54, 1.807) is 30.3 Å². The number of alkyl halides is 24. The lowest BCUT2D eigenvalue weighted by atomic mass is 9.12. The van der Waals surface area contributed by atoms with Crippen molar-refractivity contribution in [3.05, 3.63) is 183 Å². The fourth-order valence-electron chi connectivity index (χ4n) is 7.78. The number of carbonyl (C=O) groups excluding carboxylic acids is 1. The lowest BCUT2D eigenvalue weighted by Crippen LogP contribution is -2.75. The molecule has 0 amide bonds. The molecule has 6 aromatic rings. The van der Waals surface area contributed by atoms with E-state index >= 15 is 0 Å². The zero-order chi connectivity index (χ0) is 56.9. The van der Waals surface area contributed by atoms with Gasteiger partial charge in [-0.15, -0.1) is 0 Å². The third-order valence-electron chi connectivity index (χ3n) is 11.1. The molecule has 0 spiro atoms. The molecule has 1 unspecified atom stereocenters. The molecule has 1 atom stereocenters. The molecule has 0 heterocycles. The molecule has 0 aliphatic rings. The molecule has 404 valence electrons. The number of halogens is 25. The van der Waals surface area contributed by atoms with Crippen LogP contribution in [0.15, 0.2) is 132 Å². The number of ketones is 1. The standard InChI is InChI=1S/C32H12BF24.C15H14FOS/c34-25(35,36)13-1-14(26(37,38)39)6-21(5-13)33(22-7-15(27(40,41)42)2-16(8-22)28(43,44)45,23-9-17(29(46,47)48)3-18(10-23)30(49,50)51)24-11-19(31(52,53)54)4-20(12-24)32(55,56)57;1-18(15-10-6-5-9-13(15)16)11-14(17)12-7-3-2-4-8-12/h1-12H;2-10H,11H2,1H3/q-1;+1. The van der Waals surface area contributed by atoms with Gasteiger partial charge in [0.25, 0.3) is 0 Å². The molecular weight excluding hydrogens is 1100 g/mol. The van der Waals surface area contributed by atoms with Crippen LogP contribution in [0, 0.1) is 5.82 Å². The highest BCUT2D eigenvalue weighted by Gasteiger charge is 2.47. The van der Waals surface area contributed by atoms with Gasteiger partial charge in [0.15, 0.2) is 16.5 Å². The van der Waals surface area contributed by atoms with Crippen LogP contribution in [-0.2, 0) is 60.3 Å². The Hall–Kier alpha value is -6.35. The molecule has 0 fully saturated rings. The van der Waals surface area contributed by atoms with E-state index < -0.39 is 206 Å². The Morgan fingerprint density at radius 1 is 0.360 bits per heavy atom. The summed E-state index contributed by atoms with van der Waals surface area (Å²) in [7, 11) is -0.400. The van der Waals surface area contributed by atoms with Crippen molar-refractivity contribution in [1.82, 2.24) is 0 Å². The quantitative estimate of drug-likeness (QED) is 0.0642. The molecule has 6 rings (SSSR count). The Kier molecular flexibility index (Phi) is 16.4. The van der Waals surface area contributed by atoms with Crippen LogP contribution in [0.25, 0.3) is 0 Å². The Morgan fingerprint density at radius 3 is 0.813 bits per heavy atom. The Balaban J connectivity index is 0.000000483. The largest absolute Gasteiger partial charge is 0.416 e. The minimum atomic E-state index is -6.13. The van der Waals surface area contributed by atoms with Gasteiger partial charge in [-0.25, -0.2) is 4.39 Å². The minimum Gasteiger partial charge on any atom is -0.289 e. The highest BCUT2D eigenvalue weighted by molar-refractivity contribution is 7.97. The summed E-state index contributed by atoms with van der Waals surface area (Å²) in [5, 5.41) is 0. The monoisotopic (exact) mass is 1120 g/mol. The van der Waals surface area contributed by atoms with Gasteiger partial charge >= 0.3 is 49.4 Å². The molecular formula is C47H26BF25OS. The van der Waals surface area contributed by atoms with E-state index in [4.69, 9.17) is 0 Å². The third-order valence-corrected chi connectivity index (χ3v) is 12.9. The molecule has 1 nitrogen and oxygen atoms in total. The van der Waals surface area contributed by atoms with Crippen molar-refractivity contribution in [2.24, 2.45) is 0 Å². The third kappa shape index (κ3) is 13.9. The van der Waals surface area contributed by atoms with Gasteiger partial charge in [0.05, 0.1) is 44.5 Å². The summed E-state index contributed by atoms with van der Waals surface area (Å²) in [6.45, 7) is 0. The maximum absolute atomic E-state index is 14.2. The smallest absolute Gasteiger partial charge is 0.289 e. The molecule has 0 saturated heterocycles. The average molecular weight is 1120 g/mol. The summed E-state index contributed by atoms with van der Waals surface area (Å²) in [6.07, 6.45) is -52.9. The van der Waals surface area contributed by atoms with Gasteiger partial charge < -0.3 is 0 Å². The topological polar surface area (TPSA) is 17.1 Å². The van der Waals surface area contributed by atoms with Crippen LogP contribution in [0.5, 0.6) is 0 Å². The number of hydrogen-bond acceptors (Lipinski definition) is 1. The normalized spacial score (nSPS) is 13.8. The molecule has 0 radical (unpaired) electrons. The summed E-state index contributed by atoms with van der Waals surface area (Å²) in [4.78, 5) is 12.7. The Morgan fingerprint density at radius 2 is 0.587 bits per heavy atom. The summed E-state index contributed by atoms with van der Waals surface area (Å²) in [5.74, 6) is 0.180. The van der Waals surface area contributed by atoms with Crippen LogP contribution in [-0.4, -0.2) is 23.9 Å². The van der Waals surface area contributed by atoms with Crippen molar-refractivity contribution in [2.45, 2.75) is 54.3 Å². The van der Waals surface area contributed by atoms with Gasteiger partial charge in [0, 0.05) is 16.5 Å². The summed E-state index contributed by atoms with van der Waals surface area (Å²) >= 11 is 0. The first-order valence-electron chi connectivity index (χ1n) is 20.3. The predicted octanol–water partition coefficient (Wildman–Crippen LogP) is 14.5. The molecule has 0 aromatic heterocycles. The molecule has 28 heteroatoms. The number of benzene rings is 6. The summed E-state index contributed by atoms with van der Waals surface area (Å²) in [6, 6.07) is 6.97. The number of rotatable bonds is 8. The molecule has 0 saturated carbocycles. The zero-order valence-corrected chi connectivity index (χ0v) is 37.5. The van der Waals surface area contributed by atoms with Gasteiger partial charge in [0.1, 0.15) is 12.4 Å². The summed E-state index contributed by atoms with van der Waals surface area (Å²) in [5.41, 5.74) is -29.5. The number of Topliss-reactive ketones (excluding diaryl/α,β-unsaturated/α-hetero) is 1. The SMILES string of the molecule is C[S+](CC(=O)c1ccccc1)c1ccccc1F.FC(F)(F)c1cc([B-](c2cc(C(F)(F)F)cc(C(F)(F)F)c2)(c2cc(C(F)(F)F)cc(C(F)(F)F)c2)c2cc(C(F)(F)F)cc(C(F)(F)F)c2)cc(C(F)(F)F)c1.